The highest BCUT2D eigenvalue weighted by Crippen LogP contribution is 2.35. The lowest BCUT2D eigenvalue weighted by Crippen LogP contribution is -2.27. The number of fused-ring (bicyclic) bond motifs is 1. The summed E-state index contributed by atoms with van der Waals surface area (Å²) < 4.78 is 13.8. The molecule has 1 aliphatic heterocycles. The lowest BCUT2D eigenvalue weighted by molar-refractivity contribution is 0.629. The van der Waals surface area contributed by atoms with Crippen LogP contribution >= 0.6 is 24.0 Å². The quantitative estimate of drug-likeness (QED) is 0.675. The van der Waals surface area contributed by atoms with E-state index in [1.165, 1.54) is 12.1 Å². The number of hydrogen-bond acceptors (Lipinski definition) is 2. The van der Waals surface area contributed by atoms with E-state index < -0.39 is 0 Å². The number of nitrogens with one attached hydrogen (secondary N) is 2. The maximum absolute atomic E-state index is 13.8. The molecule has 3 nitrogen and oxygen atoms in total. The van der Waals surface area contributed by atoms with E-state index in [0.717, 1.165) is 33.6 Å². The van der Waals surface area contributed by atoms with E-state index in [1.54, 1.807) is 6.07 Å². The number of rotatable bonds is 2. The van der Waals surface area contributed by atoms with Crippen molar-refractivity contribution >= 4 is 40.7 Å². The first kappa shape index (κ1) is 16.8. The summed E-state index contributed by atoms with van der Waals surface area (Å²) in [6, 6.07) is 12.6. The Balaban J connectivity index is 0.00000169. The van der Waals surface area contributed by atoms with Crippen LogP contribution in [0.3, 0.4) is 0 Å². The number of halogens is 3. The first-order valence-corrected chi connectivity index (χ1v) is 7.89. The molecule has 1 unspecified atom stereocenters. The van der Waals surface area contributed by atoms with Gasteiger partial charge >= 0.3 is 0 Å². The lowest BCUT2D eigenvalue weighted by Gasteiger charge is -2.09. The van der Waals surface area contributed by atoms with Gasteiger partial charge in [0.15, 0.2) is 0 Å². The van der Waals surface area contributed by atoms with Crippen molar-refractivity contribution in [1.82, 2.24) is 10.3 Å². The van der Waals surface area contributed by atoms with Crippen LogP contribution < -0.4 is 5.32 Å². The monoisotopic (exact) mass is 363 g/mol. The number of benzene rings is 2. The number of aromatic nitrogens is 1. The fourth-order valence-electron chi connectivity index (χ4n) is 2.98. The van der Waals surface area contributed by atoms with E-state index in [4.69, 9.17) is 11.6 Å². The van der Waals surface area contributed by atoms with Gasteiger partial charge in [-0.05, 0) is 31.2 Å². The van der Waals surface area contributed by atoms with Gasteiger partial charge in [-0.2, -0.15) is 0 Å². The van der Waals surface area contributed by atoms with Crippen LogP contribution in [-0.4, -0.2) is 23.4 Å². The second-order valence-electron chi connectivity index (χ2n) is 5.78. The van der Waals surface area contributed by atoms with Gasteiger partial charge in [0.25, 0.3) is 0 Å². The fraction of sp³-hybridized carbons (Fsp3) is 0.167. The Bertz CT molecular complexity index is 933. The molecule has 0 spiro atoms. The zero-order valence-electron chi connectivity index (χ0n) is 12.9. The molecule has 0 aliphatic carbocycles. The second-order valence-corrected chi connectivity index (χ2v) is 6.19. The standard InChI is InChI=1S/C18H15ClFN3.ClH/c1-10-9-21-18(22-10)16-13-8-11(20)6-7-15(13)23-17(16)12-4-2-3-5-14(12)19;/h2-8,10,23H,9H2,1H3,(H,21,22);1H. The molecule has 4 rings (SSSR count). The second kappa shape index (κ2) is 6.46. The molecule has 0 saturated heterocycles. The van der Waals surface area contributed by atoms with Crippen molar-refractivity contribution in [2.45, 2.75) is 13.0 Å². The SMILES string of the molecule is CC1CN=C(c2c(-c3ccccc3Cl)[nH]c3ccc(F)cc23)N1.Cl. The molecule has 6 heteroatoms. The highest BCUT2D eigenvalue weighted by atomic mass is 35.5. The molecular weight excluding hydrogens is 348 g/mol. The van der Waals surface area contributed by atoms with Gasteiger partial charge in [-0.25, -0.2) is 4.39 Å². The zero-order chi connectivity index (χ0) is 16.0. The normalized spacial score (nSPS) is 16.6. The minimum atomic E-state index is -0.268. The maximum atomic E-state index is 13.8. The highest BCUT2D eigenvalue weighted by molar-refractivity contribution is 6.33. The molecule has 24 heavy (non-hydrogen) atoms. The third-order valence-electron chi connectivity index (χ3n) is 4.05. The van der Waals surface area contributed by atoms with Crippen LogP contribution in [0.25, 0.3) is 22.2 Å². The first-order chi connectivity index (χ1) is 11.1. The lowest BCUT2D eigenvalue weighted by atomic mass is 10.0. The van der Waals surface area contributed by atoms with Gasteiger partial charge in [0, 0.05) is 27.5 Å². The number of hydrogen-bond donors (Lipinski definition) is 2. The smallest absolute Gasteiger partial charge is 0.131 e. The molecule has 1 atom stereocenters. The van der Waals surface area contributed by atoms with Gasteiger partial charge in [0.1, 0.15) is 11.7 Å². The summed E-state index contributed by atoms with van der Waals surface area (Å²) in [5.74, 6) is 0.513. The molecule has 0 radical (unpaired) electrons. The Hall–Kier alpha value is -2.04. The molecule has 0 bridgehead atoms. The average Bonchev–Trinajstić information content (AvgIpc) is 3.10. The van der Waals surface area contributed by atoms with Crippen molar-refractivity contribution in [3.63, 3.8) is 0 Å². The van der Waals surface area contributed by atoms with Crippen molar-refractivity contribution in [3.05, 3.63) is 58.9 Å². The molecule has 124 valence electrons. The zero-order valence-corrected chi connectivity index (χ0v) is 14.5. The van der Waals surface area contributed by atoms with Crippen molar-refractivity contribution in [1.29, 1.82) is 0 Å². The average molecular weight is 364 g/mol. The number of amidine groups is 1. The Labute approximate surface area is 150 Å². The van der Waals surface area contributed by atoms with E-state index in [-0.39, 0.29) is 24.3 Å². The summed E-state index contributed by atoms with van der Waals surface area (Å²) in [7, 11) is 0. The molecule has 2 N–H and O–H groups in total. The third kappa shape index (κ3) is 2.76. The Morgan fingerprint density at radius 2 is 2.00 bits per heavy atom. The molecule has 3 aromatic rings. The topological polar surface area (TPSA) is 40.2 Å². The molecule has 2 heterocycles. The van der Waals surface area contributed by atoms with Crippen molar-refractivity contribution < 1.29 is 4.39 Å². The van der Waals surface area contributed by atoms with Gasteiger partial charge in [0.05, 0.1) is 17.8 Å². The minimum absolute atomic E-state index is 0. The summed E-state index contributed by atoms with van der Waals surface area (Å²) in [5, 5.41) is 4.81. The molecule has 1 aromatic heterocycles. The van der Waals surface area contributed by atoms with Crippen LogP contribution in [0.1, 0.15) is 12.5 Å². The van der Waals surface area contributed by atoms with Crippen molar-refractivity contribution in [2.24, 2.45) is 4.99 Å². The fourth-order valence-corrected chi connectivity index (χ4v) is 3.21. The predicted octanol–water partition coefficient (Wildman–Crippen LogP) is 4.79. The maximum Gasteiger partial charge on any atom is 0.131 e. The van der Waals surface area contributed by atoms with E-state index >= 15 is 0 Å². The van der Waals surface area contributed by atoms with E-state index in [0.29, 0.717) is 11.6 Å². The number of aromatic amines is 1. The predicted molar refractivity (Wildman–Crippen MR) is 100.0 cm³/mol. The van der Waals surface area contributed by atoms with Crippen molar-refractivity contribution in [2.75, 3.05) is 6.54 Å². The van der Waals surface area contributed by atoms with Gasteiger partial charge in [-0.1, -0.05) is 29.8 Å². The Kier molecular flexibility index (Phi) is 4.52. The van der Waals surface area contributed by atoms with Gasteiger partial charge < -0.3 is 10.3 Å². The molecule has 0 amide bonds. The summed E-state index contributed by atoms with van der Waals surface area (Å²) in [4.78, 5) is 7.94. The molecular formula is C18H16Cl2FN3. The Morgan fingerprint density at radius 1 is 1.21 bits per heavy atom. The largest absolute Gasteiger partial charge is 0.365 e. The number of aliphatic imine (C=N–C) groups is 1. The molecule has 0 fully saturated rings. The molecule has 0 saturated carbocycles. The Morgan fingerprint density at radius 3 is 2.71 bits per heavy atom. The summed E-state index contributed by atoms with van der Waals surface area (Å²) >= 11 is 6.37. The molecule has 1 aliphatic rings. The van der Waals surface area contributed by atoms with Crippen LogP contribution in [0.15, 0.2) is 47.5 Å². The van der Waals surface area contributed by atoms with E-state index in [9.17, 15) is 4.39 Å². The van der Waals surface area contributed by atoms with Crippen LogP contribution in [0.2, 0.25) is 5.02 Å². The van der Waals surface area contributed by atoms with Crippen LogP contribution in [0.5, 0.6) is 0 Å². The first-order valence-electron chi connectivity index (χ1n) is 7.51. The number of nitrogens with zero attached hydrogens (tertiary/aromatic N) is 1. The van der Waals surface area contributed by atoms with Crippen LogP contribution in [-0.2, 0) is 0 Å². The van der Waals surface area contributed by atoms with E-state index in [1.807, 2.05) is 24.3 Å². The van der Waals surface area contributed by atoms with Gasteiger partial charge in [0.2, 0.25) is 0 Å². The van der Waals surface area contributed by atoms with Gasteiger partial charge in [-0.3, -0.25) is 4.99 Å². The van der Waals surface area contributed by atoms with Crippen LogP contribution in [0, 0.1) is 5.82 Å². The summed E-state index contributed by atoms with van der Waals surface area (Å²) in [6.45, 7) is 2.78. The highest BCUT2D eigenvalue weighted by Gasteiger charge is 2.23. The number of H-pyrrole nitrogens is 1. The van der Waals surface area contributed by atoms with E-state index in [2.05, 4.69) is 22.2 Å². The summed E-state index contributed by atoms with van der Waals surface area (Å²) in [6.07, 6.45) is 0. The minimum Gasteiger partial charge on any atom is -0.365 e. The van der Waals surface area contributed by atoms with Gasteiger partial charge in [-0.15, -0.1) is 12.4 Å². The van der Waals surface area contributed by atoms with Crippen molar-refractivity contribution in [3.8, 4) is 11.3 Å². The molecule has 2 aromatic carbocycles. The van der Waals surface area contributed by atoms with Crippen LogP contribution in [0.4, 0.5) is 4.39 Å². The summed E-state index contributed by atoms with van der Waals surface area (Å²) in [5.41, 5.74) is 3.47. The third-order valence-corrected chi connectivity index (χ3v) is 4.38.